The number of nitrogens with two attached hydrogens (primary N) is 1. The molecule has 1 fully saturated rings. The summed E-state index contributed by atoms with van der Waals surface area (Å²) in [6.45, 7) is 0.413. The Balaban J connectivity index is 2.82. The minimum Gasteiger partial charge on any atom is -0.330 e. The first-order valence-corrected chi connectivity index (χ1v) is 7.99. The molecule has 2 N–H and O–H groups in total. The maximum Gasteiger partial charge on any atom is 0.350 e. The summed E-state index contributed by atoms with van der Waals surface area (Å²) >= 11 is 0. The largest absolute Gasteiger partial charge is 0.350 e. The van der Waals surface area contributed by atoms with E-state index in [0.717, 1.165) is 30.0 Å². The first-order valence-electron chi connectivity index (χ1n) is 6.49. The summed E-state index contributed by atoms with van der Waals surface area (Å²) in [5.41, 5.74) is 5.35. The third-order valence-corrected chi connectivity index (χ3v) is 4.95. The molecule has 0 aromatic rings. The lowest BCUT2D eigenvalue weighted by Gasteiger charge is -2.29. The van der Waals surface area contributed by atoms with Crippen LogP contribution in [0.1, 0.15) is 44.9 Å². The minimum atomic E-state index is -4.48. The number of rotatable bonds is 6. The zero-order valence-electron chi connectivity index (χ0n) is 10.5. The molecule has 4 nitrogen and oxygen atoms in total. The molecular formula is C11H22F2N2O2S. The predicted molar refractivity (Wildman–Crippen MR) is 66.8 cm³/mol. The lowest BCUT2D eigenvalue weighted by atomic mass is 10.1. The van der Waals surface area contributed by atoms with Crippen molar-refractivity contribution in [1.82, 2.24) is 4.31 Å². The van der Waals surface area contributed by atoms with Crippen LogP contribution in [0.4, 0.5) is 8.78 Å². The molecule has 0 aromatic carbocycles. The Bertz CT molecular complexity index is 328. The summed E-state index contributed by atoms with van der Waals surface area (Å²) in [4.78, 5) is 0. The molecule has 0 bridgehead atoms. The zero-order chi connectivity index (χ0) is 13.6. The molecule has 0 atom stereocenters. The van der Waals surface area contributed by atoms with Gasteiger partial charge in [-0.05, 0) is 25.8 Å². The summed E-state index contributed by atoms with van der Waals surface area (Å²) in [6.07, 6.45) is 5.69. The average Bonchev–Trinajstić information content (AvgIpc) is 2.58. The van der Waals surface area contributed by atoms with E-state index < -0.39 is 15.8 Å². The molecular weight excluding hydrogens is 262 g/mol. The van der Waals surface area contributed by atoms with Crippen molar-refractivity contribution in [2.24, 2.45) is 5.73 Å². The Labute approximate surface area is 108 Å². The Morgan fingerprint density at radius 1 is 1.17 bits per heavy atom. The van der Waals surface area contributed by atoms with Gasteiger partial charge in [-0.25, -0.2) is 8.42 Å². The van der Waals surface area contributed by atoms with Crippen molar-refractivity contribution < 1.29 is 17.2 Å². The molecule has 108 valence electrons. The van der Waals surface area contributed by atoms with Crippen LogP contribution >= 0.6 is 0 Å². The Morgan fingerprint density at radius 2 is 1.72 bits per heavy atom. The van der Waals surface area contributed by atoms with Crippen molar-refractivity contribution in [3.8, 4) is 0 Å². The van der Waals surface area contributed by atoms with E-state index in [2.05, 4.69) is 0 Å². The van der Waals surface area contributed by atoms with Crippen LogP contribution in [0.2, 0.25) is 0 Å². The Hall–Kier alpha value is -0.270. The summed E-state index contributed by atoms with van der Waals surface area (Å²) in [5.74, 6) is -3.33. The maximum atomic E-state index is 12.7. The van der Waals surface area contributed by atoms with Gasteiger partial charge in [-0.3, -0.25) is 0 Å². The van der Waals surface area contributed by atoms with E-state index >= 15 is 0 Å². The van der Waals surface area contributed by atoms with Gasteiger partial charge < -0.3 is 5.73 Å². The molecule has 1 saturated carbocycles. The van der Waals surface area contributed by atoms with Gasteiger partial charge in [0.2, 0.25) is 0 Å². The molecule has 0 spiro atoms. The molecule has 0 radical (unpaired) electrons. The number of alkyl halides is 2. The fourth-order valence-electron chi connectivity index (χ4n) is 2.41. The van der Waals surface area contributed by atoms with Crippen molar-refractivity contribution in [2.75, 3.05) is 13.1 Å². The lowest BCUT2D eigenvalue weighted by Crippen LogP contribution is -2.44. The van der Waals surface area contributed by atoms with Crippen LogP contribution in [0, 0.1) is 0 Å². The van der Waals surface area contributed by atoms with E-state index in [4.69, 9.17) is 5.73 Å². The van der Waals surface area contributed by atoms with Crippen molar-refractivity contribution in [3.63, 3.8) is 0 Å². The second kappa shape index (κ2) is 7.35. The molecule has 18 heavy (non-hydrogen) atoms. The van der Waals surface area contributed by atoms with Gasteiger partial charge in [0, 0.05) is 12.6 Å². The van der Waals surface area contributed by atoms with Gasteiger partial charge in [-0.1, -0.05) is 25.7 Å². The molecule has 0 heterocycles. The van der Waals surface area contributed by atoms with Crippen LogP contribution in [0.3, 0.4) is 0 Å². The Morgan fingerprint density at radius 3 is 2.17 bits per heavy atom. The van der Waals surface area contributed by atoms with Crippen molar-refractivity contribution in [3.05, 3.63) is 0 Å². The number of sulfonamides is 1. The molecule has 1 aliphatic rings. The highest BCUT2D eigenvalue weighted by Crippen LogP contribution is 2.26. The first kappa shape index (κ1) is 15.8. The number of halogens is 2. The van der Waals surface area contributed by atoms with Crippen molar-refractivity contribution >= 4 is 10.0 Å². The SMILES string of the molecule is NCCCN(C1CCCCCC1)S(=O)(=O)C(F)F. The predicted octanol–water partition coefficient (Wildman–Crippen LogP) is 1.91. The second-order valence-electron chi connectivity index (χ2n) is 4.70. The van der Waals surface area contributed by atoms with Gasteiger partial charge in [-0.2, -0.15) is 13.1 Å². The smallest absolute Gasteiger partial charge is 0.330 e. The molecule has 0 amide bonds. The summed E-state index contributed by atoms with van der Waals surface area (Å²) < 4.78 is 49.7. The number of hydrogen-bond acceptors (Lipinski definition) is 3. The van der Waals surface area contributed by atoms with Crippen LogP contribution in [-0.2, 0) is 10.0 Å². The quantitative estimate of drug-likeness (QED) is 0.758. The van der Waals surface area contributed by atoms with E-state index in [0.29, 0.717) is 25.8 Å². The first-order chi connectivity index (χ1) is 8.50. The third kappa shape index (κ3) is 4.13. The van der Waals surface area contributed by atoms with Crippen molar-refractivity contribution in [1.29, 1.82) is 0 Å². The number of hydrogen-bond donors (Lipinski definition) is 1. The van der Waals surface area contributed by atoms with Gasteiger partial charge in [0.1, 0.15) is 0 Å². The lowest BCUT2D eigenvalue weighted by molar-refractivity contribution is 0.203. The Kier molecular flexibility index (Phi) is 6.45. The van der Waals surface area contributed by atoms with E-state index in [1.807, 2.05) is 0 Å². The van der Waals surface area contributed by atoms with E-state index in [1.165, 1.54) is 0 Å². The highest BCUT2D eigenvalue weighted by Gasteiger charge is 2.36. The maximum absolute atomic E-state index is 12.7. The van der Waals surface area contributed by atoms with Crippen LogP contribution in [0.5, 0.6) is 0 Å². The standard InChI is InChI=1S/C11H22F2N2O2S/c12-11(13)18(16,17)15(9-5-8-14)10-6-3-1-2-4-7-10/h10-11H,1-9,14H2. The molecule has 7 heteroatoms. The average molecular weight is 284 g/mol. The highest BCUT2D eigenvalue weighted by atomic mass is 32.2. The van der Waals surface area contributed by atoms with E-state index in [9.17, 15) is 17.2 Å². The zero-order valence-corrected chi connectivity index (χ0v) is 11.3. The van der Waals surface area contributed by atoms with Gasteiger partial charge >= 0.3 is 5.76 Å². The molecule has 0 unspecified atom stereocenters. The molecule has 1 aliphatic carbocycles. The van der Waals surface area contributed by atoms with E-state index in [1.54, 1.807) is 0 Å². The van der Waals surface area contributed by atoms with Gasteiger partial charge in [0.25, 0.3) is 10.0 Å². The highest BCUT2D eigenvalue weighted by molar-refractivity contribution is 7.89. The fraction of sp³-hybridized carbons (Fsp3) is 1.00. The fourth-order valence-corrected chi connectivity index (χ4v) is 3.63. The monoisotopic (exact) mass is 284 g/mol. The van der Waals surface area contributed by atoms with Gasteiger partial charge in [0.15, 0.2) is 0 Å². The molecule has 0 saturated heterocycles. The van der Waals surface area contributed by atoms with Gasteiger partial charge in [0.05, 0.1) is 0 Å². The van der Waals surface area contributed by atoms with Crippen LogP contribution in [0.25, 0.3) is 0 Å². The third-order valence-electron chi connectivity index (χ3n) is 3.37. The second-order valence-corrected chi connectivity index (χ2v) is 6.56. The minimum absolute atomic E-state index is 0.105. The summed E-state index contributed by atoms with van der Waals surface area (Å²) in [6, 6.07) is -0.280. The summed E-state index contributed by atoms with van der Waals surface area (Å²) in [5, 5.41) is 0. The van der Waals surface area contributed by atoms with Crippen LogP contribution in [0.15, 0.2) is 0 Å². The molecule has 0 aromatic heterocycles. The topological polar surface area (TPSA) is 63.4 Å². The molecule has 0 aliphatic heterocycles. The summed E-state index contributed by atoms with van der Waals surface area (Å²) in [7, 11) is -4.48. The van der Waals surface area contributed by atoms with E-state index in [-0.39, 0.29) is 12.6 Å². The normalized spacial score (nSPS) is 19.4. The van der Waals surface area contributed by atoms with Gasteiger partial charge in [-0.15, -0.1) is 0 Å². The van der Waals surface area contributed by atoms with Crippen molar-refractivity contribution in [2.45, 2.75) is 56.7 Å². The number of nitrogens with zero attached hydrogens (tertiary/aromatic N) is 1. The van der Waals surface area contributed by atoms with Crippen LogP contribution in [-0.4, -0.2) is 37.6 Å². The van der Waals surface area contributed by atoms with Crippen LogP contribution < -0.4 is 5.73 Å². The molecule has 1 rings (SSSR count).